The number of amides is 2. The van der Waals surface area contributed by atoms with Crippen LogP contribution in [0.1, 0.15) is 18.4 Å². The Morgan fingerprint density at radius 3 is 2.72 bits per heavy atom. The van der Waals surface area contributed by atoms with Crippen molar-refractivity contribution in [2.75, 3.05) is 6.54 Å². The van der Waals surface area contributed by atoms with Crippen molar-refractivity contribution in [1.82, 2.24) is 10.2 Å². The van der Waals surface area contributed by atoms with Gasteiger partial charge >= 0.3 is 6.03 Å². The fraction of sp³-hybridized carbons (Fsp3) is 0.385. The van der Waals surface area contributed by atoms with Gasteiger partial charge in [-0.15, -0.1) is 0 Å². The highest BCUT2D eigenvalue weighted by Crippen LogP contribution is 2.17. The molecule has 18 heavy (non-hydrogen) atoms. The van der Waals surface area contributed by atoms with Crippen LogP contribution in [0.3, 0.4) is 0 Å². The zero-order chi connectivity index (χ0) is 13.0. The molecule has 2 amide bonds. The van der Waals surface area contributed by atoms with Gasteiger partial charge in [-0.05, 0) is 18.4 Å². The van der Waals surface area contributed by atoms with Crippen molar-refractivity contribution in [2.45, 2.75) is 25.4 Å². The summed E-state index contributed by atoms with van der Waals surface area (Å²) in [5, 5.41) is 2.47. The lowest BCUT2D eigenvalue weighted by Crippen LogP contribution is -2.45. The molecule has 1 saturated heterocycles. The molecule has 4 nitrogen and oxygen atoms in total. The maximum Gasteiger partial charge on any atom is 0.318 e. The average molecular weight is 263 g/mol. The van der Waals surface area contributed by atoms with E-state index in [1.807, 2.05) is 30.3 Å². The van der Waals surface area contributed by atoms with Crippen LogP contribution in [0.2, 0.25) is 0 Å². The second-order valence-electron chi connectivity index (χ2n) is 4.31. The molecule has 1 atom stereocenters. The Balaban J connectivity index is 1.90. The highest BCUT2D eigenvalue weighted by Gasteiger charge is 2.28. The molecule has 1 heterocycles. The van der Waals surface area contributed by atoms with E-state index in [2.05, 4.69) is 17.9 Å². The number of hydrogen-bond donors (Lipinski definition) is 1. The van der Waals surface area contributed by atoms with E-state index in [1.165, 1.54) is 4.90 Å². The zero-order valence-corrected chi connectivity index (χ0v) is 10.8. The molecule has 1 aromatic rings. The molecule has 1 aliphatic rings. The number of carbonyl (C=O) groups excluding carboxylic acids is 2. The Hall–Kier alpha value is -1.62. The van der Waals surface area contributed by atoms with E-state index < -0.39 is 6.04 Å². The summed E-state index contributed by atoms with van der Waals surface area (Å²) in [6.07, 6.45) is 1.52. The lowest BCUT2D eigenvalue weighted by molar-refractivity contribution is -0.114. The van der Waals surface area contributed by atoms with Gasteiger partial charge in [-0.3, -0.25) is 0 Å². The fourth-order valence-corrected chi connectivity index (χ4v) is 2.38. The average Bonchev–Trinajstić information content (AvgIpc) is 2.86. The van der Waals surface area contributed by atoms with Crippen LogP contribution in [0.25, 0.3) is 0 Å². The van der Waals surface area contributed by atoms with Gasteiger partial charge in [0.15, 0.2) is 0 Å². The van der Waals surface area contributed by atoms with Crippen molar-refractivity contribution in [3.05, 3.63) is 35.9 Å². The van der Waals surface area contributed by atoms with Crippen LogP contribution >= 0.6 is 0 Å². The van der Waals surface area contributed by atoms with Crippen LogP contribution in [0, 0.1) is 0 Å². The van der Waals surface area contributed by atoms with Crippen molar-refractivity contribution < 1.29 is 9.59 Å². The summed E-state index contributed by atoms with van der Waals surface area (Å²) in [7, 11) is 0. The number of nitrogens with zero attached hydrogens (tertiary/aromatic N) is 1. The van der Waals surface area contributed by atoms with E-state index in [9.17, 15) is 9.59 Å². The normalized spacial score (nSPS) is 18.7. The van der Waals surface area contributed by atoms with Crippen LogP contribution in [-0.2, 0) is 24.0 Å². The van der Waals surface area contributed by atoms with Gasteiger partial charge in [-0.2, -0.15) is 0 Å². The highest BCUT2D eigenvalue weighted by molar-refractivity contribution is 7.77. The maximum atomic E-state index is 11.9. The van der Waals surface area contributed by atoms with Gasteiger partial charge in [0.1, 0.15) is 0 Å². The smallest absolute Gasteiger partial charge is 0.318 e. The van der Waals surface area contributed by atoms with Gasteiger partial charge < -0.3 is 27.6 Å². The monoisotopic (exact) mass is 263 g/mol. The minimum Gasteiger partial charge on any atom is -0.740 e. The first-order chi connectivity index (χ1) is 8.68. The number of urea groups is 1. The minimum absolute atomic E-state index is 0.209. The lowest BCUT2D eigenvalue weighted by Gasteiger charge is -2.26. The van der Waals surface area contributed by atoms with Gasteiger partial charge in [0.05, 0.1) is 6.04 Å². The molecule has 0 bridgehead atoms. The van der Waals surface area contributed by atoms with E-state index >= 15 is 0 Å². The van der Waals surface area contributed by atoms with Crippen LogP contribution in [-0.4, -0.2) is 28.6 Å². The number of rotatable bonds is 3. The first-order valence-corrected chi connectivity index (χ1v) is 6.38. The van der Waals surface area contributed by atoms with Crippen molar-refractivity contribution in [2.24, 2.45) is 0 Å². The number of hydrogen-bond acceptors (Lipinski definition) is 3. The van der Waals surface area contributed by atoms with Crippen LogP contribution in [0.5, 0.6) is 0 Å². The van der Waals surface area contributed by atoms with Crippen LogP contribution in [0.4, 0.5) is 4.79 Å². The molecule has 2 rings (SSSR count). The van der Waals surface area contributed by atoms with Gasteiger partial charge in [-0.1, -0.05) is 30.3 Å². The van der Waals surface area contributed by atoms with Crippen LogP contribution < -0.4 is 5.32 Å². The van der Waals surface area contributed by atoms with Gasteiger partial charge in [0, 0.05) is 18.2 Å². The Morgan fingerprint density at radius 2 is 2.06 bits per heavy atom. The second kappa shape index (κ2) is 5.82. The van der Waals surface area contributed by atoms with Gasteiger partial charge in [0.25, 0.3) is 0 Å². The third-order valence-corrected chi connectivity index (χ3v) is 3.34. The molecule has 1 N–H and O–H groups in total. The van der Waals surface area contributed by atoms with Crippen LogP contribution in [0.15, 0.2) is 30.3 Å². The molecular weight excluding hydrogens is 248 g/mol. The lowest BCUT2D eigenvalue weighted by atomic mass is 10.2. The van der Waals surface area contributed by atoms with E-state index in [0.29, 0.717) is 19.5 Å². The summed E-state index contributed by atoms with van der Waals surface area (Å²) in [5.41, 5.74) is 1.03. The van der Waals surface area contributed by atoms with E-state index in [4.69, 9.17) is 0 Å². The predicted molar refractivity (Wildman–Crippen MR) is 70.8 cm³/mol. The van der Waals surface area contributed by atoms with Gasteiger partial charge in [0.2, 0.25) is 0 Å². The molecular formula is C13H15N2O2S-. The summed E-state index contributed by atoms with van der Waals surface area (Å²) in [4.78, 5) is 24.7. The minimum atomic E-state index is -0.421. The van der Waals surface area contributed by atoms with Crippen molar-refractivity contribution in [3.8, 4) is 0 Å². The third-order valence-electron chi connectivity index (χ3n) is 3.07. The largest absolute Gasteiger partial charge is 0.740 e. The Bertz CT molecular complexity index is 436. The van der Waals surface area contributed by atoms with Crippen molar-refractivity contribution in [3.63, 3.8) is 0 Å². The molecule has 1 fully saturated rings. The Labute approximate surface area is 112 Å². The van der Waals surface area contributed by atoms with Crippen molar-refractivity contribution in [1.29, 1.82) is 0 Å². The molecule has 0 aromatic heterocycles. The maximum absolute atomic E-state index is 11.9. The second-order valence-corrected chi connectivity index (χ2v) is 4.72. The molecule has 0 radical (unpaired) electrons. The molecule has 0 saturated carbocycles. The zero-order valence-electron chi connectivity index (χ0n) is 9.96. The Kier molecular flexibility index (Phi) is 4.15. The molecule has 0 spiro atoms. The SMILES string of the molecule is O=C([S-])C1CCCN1C(=O)NCc1ccccc1. The first kappa shape index (κ1) is 12.8. The third kappa shape index (κ3) is 2.98. The Morgan fingerprint density at radius 1 is 1.33 bits per heavy atom. The number of benzene rings is 1. The van der Waals surface area contributed by atoms with Gasteiger partial charge in [-0.25, -0.2) is 4.79 Å². The molecule has 1 unspecified atom stereocenters. The number of nitrogens with one attached hydrogen (secondary N) is 1. The number of likely N-dealkylation sites (tertiary alicyclic amines) is 1. The topological polar surface area (TPSA) is 49.4 Å². The van der Waals surface area contributed by atoms with E-state index in [0.717, 1.165) is 12.0 Å². The standard InChI is InChI=1S/C13H16N2O2S/c16-12(18)11-7-4-8-15(11)13(17)14-9-10-5-2-1-3-6-10/h1-3,5-6,11H,4,7-9H2,(H,14,17)(H,16,18)/p-1. The molecule has 96 valence electrons. The highest BCUT2D eigenvalue weighted by atomic mass is 32.1. The molecule has 0 aliphatic carbocycles. The molecule has 1 aromatic carbocycles. The fourth-order valence-electron chi connectivity index (χ4n) is 2.13. The predicted octanol–water partition coefficient (Wildman–Crippen LogP) is 1.43. The summed E-state index contributed by atoms with van der Waals surface area (Å²) in [5.74, 6) is 0. The summed E-state index contributed by atoms with van der Waals surface area (Å²) < 4.78 is 0. The summed E-state index contributed by atoms with van der Waals surface area (Å²) in [6, 6.07) is 9.03. The van der Waals surface area contributed by atoms with Crippen molar-refractivity contribution >= 4 is 23.8 Å². The molecule has 5 heteroatoms. The van der Waals surface area contributed by atoms with E-state index in [1.54, 1.807) is 0 Å². The summed E-state index contributed by atoms with van der Waals surface area (Å²) >= 11 is 4.65. The molecule has 1 aliphatic heterocycles. The quantitative estimate of drug-likeness (QED) is 0.839. The summed E-state index contributed by atoms with van der Waals surface area (Å²) in [6.45, 7) is 1.07. The van der Waals surface area contributed by atoms with E-state index in [-0.39, 0.29) is 11.1 Å². The first-order valence-electron chi connectivity index (χ1n) is 5.98. The number of carbonyl (C=O) groups is 2.